The highest BCUT2D eigenvalue weighted by Crippen LogP contribution is 2.30. The molecule has 0 N–H and O–H groups in total. The van der Waals surface area contributed by atoms with Crippen LogP contribution in [-0.2, 0) is 4.79 Å². The molecule has 4 heteroatoms. The van der Waals surface area contributed by atoms with Crippen LogP contribution in [-0.4, -0.2) is 21.5 Å². The van der Waals surface area contributed by atoms with Gasteiger partial charge in [-0.25, -0.2) is 0 Å². The number of aliphatic imine (C=N–C) groups is 1. The highest BCUT2D eigenvalue weighted by atomic mass is 32.2. The van der Waals surface area contributed by atoms with Gasteiger partial charge in [0, 0.05) is 11.8 Å². The summed E-state index contributed by atoms with van der Waals surface area (Å²) in [5.41, 5.74) is 0.760. The lowest BCUT2D eigenvalue weighted by molar-refractivity contribution is -0.121. The maximum Gasteiger partial charge on any atom is 0.257 e. The summed E-state index contributed by atoms with van der Waals surface area (Å²) in [6.45, 7) is 6.00. The van der Waals surface area contributed by atoms with E-state index in [1.54, 1.807) is 16.4 Å². The van der Waals surface area contributed by atoms with Gasteiger partial charge in [-0.15, -0.1) is 0 Å². The highest BCUT2D eigenvalue weighted by molar-refractivity contribution is 8.16. The summed E-state index contributed by atoms with van der Waals surface area (Å²) in [5, 5.41) is 2.56. The van der Waals surface area contributed by atoms with Crippen molar-refractivity contribution in [2.24, 2.45) is 4.99 Å². The van der Waals surface area contributed by atoms with Crippen LogP contribution in [0, 0.1) is 0 Å². The smallest absolute Gasteiger partial charge is 0.257 e. The summed E-state index contributed by atoms with van der Waals surface area (Å²) in [4.78, 5) is 17.7. The molecule has 0 aromatic heterocycles. The van der Waals surface area contributed by atoms with Crippen LogP contribution < -0.4 is 0 Å². The van der Waals surface area contributed by atoms with E-state index >= 15 is 0 Å². The Kier molecular flexibility index (Phi) is 2.03. The first-order chi connectivity index (χ1) is 6.49. The second-order valence-corrected chi connectivity index (χ2v) is 4.80. The quantitative estimate of drug-likeness (QED) is 0.611. The number of fused-ring (bicyclic) bond motifs is 1. The van der Waals surface area contributed by atoms with Gasteiger partial charge in [0.1, 0.15) is 0 Å². The van der Waals surface area contributed by atoms with E-state index in [0.717, 1.165) is 10.9 Å². The Morgan fingerprint density at radius 1 is 1.50 bits per heavy atom. The van der Waals surface area contributed by atoms with Gasteiger partial charge in [-0.05, 0) is 32.3 Å². The van der Waals surface area contributed by atoms with Crippen molar-refractivity contribution in [2.75, 3.05) is 0 Å². The van der Waals surface area contributed by atoms with Gasteiger partial charge in [0.05, 0.1) is 5.54 Å². The minimum Gasteiger partial charge on any atom is -0.269 e. The van der Waals surface area contributed by atoms with Crippen molar-refractivity contribution in [1.29, 1.82) is 0 Å². The molecule has 0 aromatic carbocycles. The number of amidine groups is 1. The normalized spacial score (nSPS) is 24.2. The minimum absolute atomic E-state index is 0.00764. The van der Waals surface area contributed by atoms with Crippen molar-refractivity contribution in [3.63, 3.8) is 0 Å². The largest absolute Gasteiger partial charge is 0.269 e. The summed E-state index contributed by atoms with van der Waals surface area (Å²) in [5.74, 6) is -0.00764. The third-order valence-corrected chi connectivity index (χ3v) is 2.85. The molecule has 0 unspecified atom stereocenters. The molecule has 1 amide bonds. The van der Waals surface area contributed by atoms with E-state index in [-0.39, 0.29) is 11.4 Å². The summed E-state index contributed by atoms with van der Waals surface area (Å²) < 4.78 is 0. The number of nitrogens with zero attached hydrogens (tertiary/aromatic N) is 2. The molecule has 0 aliphatic carbocycles. The summed E-state index contributed by atoms with van der Waals surface area (Å²) in [6, 6.07) is 0. The summed E-state index contributed by atoms with van der Waals surface area (Å²) in [7, 11) is 0. The van der Waals surface area contributed by atoms with Crippen LogP contribution in [0.4, 0.5) is 0 Å². The Bertz CT molecular complexity index is 380. The number of allylic oxidation sites excluding steroid dienone is 1. The lowest BCUT2D eigenvalue weighted by atomic mass is 10.0. The SMILES string of the molecule is CC1=CC(C)(C)N=C2SC=CC(=O)N12. The molecule has 0 aromatic rings. The molecule has 0 radical (unpaired) electrons. The van der Waals surface area contributed by atoms with E-state index in [4.69, 9.17) is 0 Å². The van der Waals surface area contributed by atoms with Crippen LogP contribution in [0.15, 0.2) is 28.2 Å². The zero-order valence-electron chi connectivity index (χ0n) is 8.44. The second kappa shape index (κ2) is 2.98. The van der Waals surface area contributed by atoms with E-state index in [1.807, 2.05) is 26.8 Å². The fraction of sp³-hybridized carbons (Fsp3) is 0.400. The Labute approximate surface area is 87.6 Å². The molecule has 0 bridgehead atoms. The molecule has 2 rings (SSSR count). The monoisotopic (exact) mass is 208 g/mol. The number of hydrogen-bond acceptors (Lipinski definition) is 3. The topological polar surface area (TPSA) is 32.7 Å². The number of rotatable bonds is 0. The molecule has 14 heavy (non-hydrogen) atoms. The first-order valence-electron chi connectivity index (χ1n) is 4.46. The molecular formula is C10H12N2OS. The average molecular weight is 208 g/mol. The number of carbonyl (C=O) groups excluding carboxylic acids is 1. The minimum atomic E-state index is -0.200. The van der Waals surface area contributed by atoms with Gasteiger partial charge >= 0.3 is 0 Å². The van der Waals surface area contributed by atoms with Crippen molar-refractivity contribution >= 4 is 22.8 Å². The molecule has 2 aliphatic heterocycles. The van der Waals surface area contributed by atoms with Crippen LogP contribution >= 0.6 is 11.8 Å². The molecule has 74 valence electrons. The van der Waals surface area contributed by atoms with Gasteiger partial charge in [-0.3, -0.25) is 14.7 Å². The van der Waals surface area contributed by atoms with Crippen molar-refractivity contribution in [1.82, 2.24) is 4.90 Å². The molecule has 3 nitrogen and oxygen atoms in total. The van der Waals surface area contributed by atoms with E-state index in [1.165, 1.54) is 11.8 Å². The second-order valence-electron chi connectivity index (χ2n) is 3.93. The lowest BCUT2D eigenvalue weighted by Gasteiger charge is -2.33. The standard InChI is InChI=1S/C10H12N2OS/c1-7-6-10(2,3)11-9-12(7)8(13)4-5-14-9/h4-6H,1-3H3. The van der Waals surface area contributed by atoms with Crippen molar-refractivity contribution in [3.8, 4) is 0 Å². The fourth-order valence-electron chi connectivity index (χ4n) is 1.63. The Morgan fingerprint density at radius 2 is 2.21 bits per heavy atom. The van der Waals surface area contributed by atoms with E-state index in [0.29, 0.717) is 0 Å². The van der Waals surface area contributed by atoms with Gasteiger partial charge in [0.2, 0.25) is 0 Å². The lowest BCUT2D eigenvalue weighted by Crippen LogP contribution is -2.39. The van der Waals surface area contributed by atoms with E-state index < -0.39 is 0 Å². The molecule has 2 aliphatic rings. The summed E-state index contributed by atoms with van der Waals surface area (Å²) in [6.07, 6.45) is 3.58. The van der Waals surface area contributed by atoms with Crippen LogP contribution in [0.3, 0.4) is 0 Å². The van der Waals surface area contributed by atoms with Gasteiger partial charge in [0.15, 0.2) is 5.17 Å². The number of amides is 1. The molecular weight excluding hydrogens is 196 g/mol. The summed E-state index contributed by atoms with van der Waals surface area (Å²) >= 11 is 1.49. The fourth-order valence-corrected chi connectivity index (χ4v) is 2.56. The van der Waals surface area contributed by atoms with Gasteiger partial charge < -0.3 is 0 Å². The number of thioether (sulfide) groups is 1. The first kappa shape index (κ1) is 9.52. The predicted molar refractivity (Wildman–Crippen MR) is 58.8 cm³/mol. The third kappa shape index (κ3) is 1.50. The molecule has 0 atom stereocenters. The highest BCUT2D eigenvalue weighted by Gasteiger charge is 2.30. The number of carbonyl (C=O) groups is 1. The van der Waals surface area contributed by atoms with Crippen LogP contribution in [0.5, 0.6) is 0 Å². The van der Waals surface area contributed by atoms with Crippen molar-refractivity contribution < 1.29 is 4.79 Å². The molecule has 0 saturated heterocycles. The molecule has 2 heterocycles. The third-order valence-electron chi connectivity index (χ3n) is 2.09. The number of hydrogen-bond donors (Lipinski definition) is 0. The molecule has 0 fully saturated rings. The molecule has 0 saturated carbocycles. The van der Waals surface area contributed by atoms with E-state index in [9.17, 15) is 4.79 Å². The van der Waals surface area contributed by atoms with E-state index in [2.05, 4.69) is 4.99 Å². The molecule has 0 spiro atoms. The Morgan fingerprint density at radius 3 is 2.93 bits per heavy atom. The van der Waals surface area contributed by atoms with Crippen molar-refractivity contribution in [3.05, 3.63) is 23.3 Å². The Balaban J connectivity index is 2.46. The predicted octanol–water partition coefficient (Wildman–Crippen LogP) is 2.13. The zero-order chi connectivity index (χ0) is 10.3. The first-order valence-corrected chi connectivity index (χ1v) is 5.34. The Hall–Kier alpha value is -1.03. The van der Waals surface area contributed by atoms with Crippen LogP contribution in [0.2, 0.25) is 0 Å². The zero-order valence-corrected chi connectivity index (χ0v) is 9.26. The van der Waals surface area contributed by atoms with Crippen molar-refractivity contribution in [2.45, 2.75) is 26.3 Å². The van der Waals surface area contributed by atoms with Gasteiger partial charge in [-0.2, -0.15) is 0 Å². The van der Waals surface area contributed by atoms with Crippen LogP contribution in [0.25, 0.3) is 0 Å². The maximum absolute atomic E-state index is 11.6. The van der Waals surface area contributed by atoms with Crippen LogP contribution in [0.1, 0.15) is 20.8 Å². The van der Waals surface area contributed by atoms with Gasteiger partial charge in [-0.1, -0.05) is 11.8 Å². The maximum atomic E-state index is 11.6. The average Bonchev–Trinajstić information content (AvgIpc) is 2.00. The van der Waals surface area contributed by atoms with Gasteiger partial charge in [0.25, 0.3) is 5.91 Å².